The molecule has 1 aromatic heterocycles. The molecule has 0 amide bonds. The van der Waals surface area contributed by atoms with Crippen molar-refractivity contribution >= 4 is 33.8 Å². The first-order valence-electron chi connectivity index (χ1n) is 8.47. The summed E-state index contributed by atoms with van der Waals surface area (Å²) in [6.45, 7) is 0. The van der Waals surface area contributed by atoms with E-state index in [0.29, 0.717) is 14.5 Å². The summed E-state index contributed by atoms with van der Waals surface area (Å²) in [5, 5.41) is 2.84. The van der Waals surface area contributed by atoms with E-state index in [1.54, 1.807) is 0 Å². The van der Waals surface area contributed by atoms with Gasteiger partial charge in [0.05, 0.1) is 0 Å². The van der Waals surface area contributed by atoms with Crippen molar-refractivity contribution in [2.75, 3.05) is 0 Å². The zero-order valence-corrected chi connectivity index (χ0v) is 15.4. The van der Waals surface area contributed by atoms with Crippen molar-refractivity contribution in [3.8, 4) is 22.3 Å². The van der Waals surface area contributed by atoms with Crippen LogP contribution >= 0.6 is 0 Å². The number of benzene rings is 4. The van der Waals surface area contributed by atoms with Crippen LogP contribution in [-0.4, -0.2) is 14.5 Å². The molecule has 1 heteroatoms. The average Bonchev–Trinajstić information content (AvgIpc) is 3.07. The third-order valence-electron chi connectivity index (χ3n) is 4.69. The normalized spacial score (nSPS) is 11.2. The maximum absolute atomic E-state index is 2.34. The first-order valence-corrected chi connectivity index (χ1v) is 10.2. The molecule has 0 saturated carbocycles. The van der Waals surface area contributed by atoms with E-state index >= 15 is 0 Å². The number of rotatable bonds is 2. The van der Waals surface area contributed by atoms with Crippen LogP contribution in [0.1, 0.15) is 0 Å². The van der Waals surface area contributed by atoms with Crippen LogP contribution in [-0.2, 0) is 0 Å². The summed E-state index contributed by atoms with van der Waals surface area (Å²) in [6, 6.07) is 35.1. The first kappa shape index (κ1) is 14.7. The summed E-state index contributed by atoms with van der Waals surface area (Å²) < 4.78 is 2.99. The van der Waals surface area contributed by atoms with E-state index in [1.165, 1.54) is 41.5 Å². The zero-order chi connectivity index (χ0) is 16.6. The molecule has 0 fully saturated rings. The van der Waals surface area contributed by atoms with Crippen molar-refractivity contribution < 1.29 is 0 Å². The van der Waals surface area contributed by atoms with Crippen molar-refractivity contribution in [1.29, 1.82) is 0 Å². The molecule has 25 heavy (non-hydrogen) atoms. The standard InChI is InChI=1S/C24H16Se/c1-3-9-17(10-4-1)19-15-16-22-24(20-13-7-8-14-21(20)25-22)23(19)18-11-5-2-6-12-18/h1-16H. The number of fused-ring (bicyclic) bond motifs is 3. The summed E-state index contributed by atoms with van der Waals surface area (Å²) in [5.41, 5.74) is 5.26. The second-order valence-corrected chi connectivity index (χ2v) is 8.47. The van der Waals surface area contributed by atoms with E-state index in [2.05, 4.69) is 97.1 Å². The van der Waals surface area contributed by atoms with Crippen molar-refractivity contribution in [3.05, 3.63) is 97.1 Å². The molecule has 5 aromatic rings. The molecule has 0 bridgehead atoms. The molecule has 0 unspecified atom stereocenters. The average molecular weight is 383 g/mol. The van der Waals surface area contributed by atoms with Gasteiger partial charge in [0.1, 0.15) is 0 Å². The van der Waals surface area contributed by atoms with Crippen LogP contribution in [0.25, 0.3) is 41.5 Å². The van der Waals surface area contributed by atoms with Gasteiger partial charge in [0.15, 0.2) is 0 Å². The summed E-state index contributed by atoms with van der Waals surface area (Å²) in [7, 11) is 0. The Labute approximate surface area is 153 Å². The van der Waals surface area contributed by atoms with E-state index in [-0.39, 0.29) is 0 Å². The van der Waals surface area contributed by atoms with Gasteiger partial charge in [0.2, 0.25) is 0 Å². The van der Waals surface area contributed by atoms with Crippen LogP contribution in [0.2, 0.25) is 0 Å². The van der Waals surface area contributed by atoms with Crippen LogP contribution in [0, 0.1) is 0 Å². The molecule has 0 saturated heterocycles. The Balaban J connectivity index is 1.97. The summed E-state index contributed by atoms with van der Waals surface area (Å²) in [5.74, 6) is 0. The monoisotopic (exact) mass is 384 g/mol. The van der Waals surface area contributed by atoms with Crippen LogP contribution in [0.5, 0.6) is 0 Å². The second-order valence-electron chi connectivity index (χ2n) is 6.19. The predicted molar refractivity (Wildman–Crippen MR) is 109 cm³/mol. The molecule has 4 aromatic carbocycles. The molecule has 0 atom stereocenters. The molecule has 118 valence electrons. The molecular weight excluding hydrogens is 367 g/mol. The third-order valence-corrected chi connectivity index (χ3v) is 7.07. The molecule has 0 aliphatic heterocycles. The minimum absolute atomic E-state index is 0.394. The Morgan fingerprint density at radius 3 is 1.88 bits per heavy atom. The Morgan fingerprint density at radius 1 is 0.480 bits per heavy atom. The van der Waals surface area contributed by atoms with Gasteiger partial charge < -0.3 is 0 Å². The third kappa shape index (κ3) is 2.44. The fourth-order valence-corrected chi connectivity index (χ4v) is 5.92. The molecule has 0 N–H and O–H groups in total. The molecule has 0 aliphatic rings. The second kappa shape index (κ2) is 6.04. The van der Waals surface area contributed by atoms with Crippen molar-refractivity contribution in [1.82, 2.24) is 0 Å². The van der Waals surface area contributed by atoms with E-state index < -0.39 is 0 Å². The van der Waals surface area contributed by atoms with E-state index in [0.717, 1.165) is 0 Å². The van der Waals surface area contributed by atoms with Gasteiger partial charge in [-0.1, -0.05) is 0 Å². The quantitative estimate of drug-likeness (QED) is 0.310. The van der Waals surface area contributed by atoms with Gasteiger partial charge in [-0.15, -0.1) is 0 Å². The van der Waals surface area contributed by atoms with E-state index in [4.69, 9.17) is 0 Å². The molecular formula is C24H16Se. The van der Waals surface area contributed by atoms with Crippen LogP contribution in [0.4, 0.5) is 0 Å². The fraction of sp³-hybridized carbons (Fsp3) is 0. The number of hydrogen-bond donors (Lipinski definition) is 0. The van der Waals surface area contributed by atoms with Gasteiger partial charge in [-0.2, -0.15) is 0 Å². The van der Waals surface area contributed by atoms with Crippen molar-refractivity contribution in [3.63, 3.8) is 0 Å². The van der Waals surface area contributed by atoms with Gasteiger partial charge in [-0.05, 0) is 0 Å². The zero-order valence-electron chi connectivity index (χ0n) is 13.6. The van der Waals surface area contributed by atoms with Crippen LogP contribution < -0.4 is 0 Å². The van der Waals surface area contributed by atoms with Gasteiger partial charge in [0.25, 0.3) is 0 Å². The molecule has 5 rings (SSSR count). The Bertz CT molecular complexity index is 1170. The minimum atomic E-state index is 0.394. The van der Waals surface area contributed by atoms with Gasteiger partial charge in [-0.25, -0.2) is 0 Å². The van der Waals surface area contributed by atoms with Gasteiger partial charge >= 0.3 is 153 Å². The summed E-state index contributed by atoms with van der Waals surface area (Å²) in [6.07, 6.45) is 0. The maximum atomic E-state index is 2.34. The van der Waals surface area contributed by atoms with Gasteiger partial charge in [0, 0.05) is 0 Å². The number of hydrogen-bond acceptors (Lipinski definition) is 0. The van der Waals surface area contributed by atoms with Gasteiger partial charge in [-0.3, -0.25) is 0 Å². The SMILES string of the molecule is c1ccc(-c2ccc3[se]c4ccccc4c3c2-c2ccccc2)cc1. The van der Waals surface area contributed by atoms with Crippen molar-refractivity contribution in [2.45, 2.75) is 0 Å². The summed E-state index contributed by atoms with van der Waals surface area (Å²) >= 11 is 0.394. The Kier molecular flexibility index (Phi) is 3.56. The summed E-state index contributed by atoms with van der Waals surface area (Å²) in [4.78, 5) is 0. The van der Waals surface area contributed by atoms with Crippen LogP contribution in [0.15, 0.2) is 97.1 Å². The van der Waals surface area contributed by atoms with Crippen LogP contribution in [0.3, 0.4) is 0 Å². The Morgan fingerprint density at radius 2 is 1.12 bits per heavy atom. The molecule has 0 nitrogen and oxygen atoms in total. The molecule has 0 spiro atoms. The topological polar surface area (TPSA) is 0 Å². The first-order chi connectivity index (χ1) is 12.4. The predicted octanol–water partition coefficient (Wildman–Crippen LogP) is 6.38. The van der Waals surface area contributed by atoms with Crippen molar-refractivity contribution in [2.24, 2.45) is 0 Å². The molecule has 0 aliphatic carbocycles. The molecule has 1 heterocycles. The van der Waals surface area contributed by atoms with E-state index in [1.807, 2.05) is 0 Å². The molecule has 0 radical (unpaired) electrons. The fourth-order valence-electron chi connectivity index (χ4n) is 3.58. The van der Waals surface area contributed by atoms with E-state index in [9.17, 15) is 0 Å². The Hall–Kier alpha value is -2.60.